The molecular formula is C17H17NO4S2. The van der Waals surface area contributed by atoms with Crippen molar-refractivity contribution in [2.45, 2.75) is 20.8 Å². The number of carbonyl (C=O) groups excluding carboxylic acids is 3. The van der Waals surface area contributed by atoms with E-state index in [-0.39, 0.29) is 23.9 Å². The second-order valence-corrected chi connectivity index (χ2v) is 6.87. The van der Waals surface area contributed by atoms with Gasteiger partial charge in [0.15, 0.2) is 5.78 Å². The number of amides is 1. The molecular weight excluding hydrogens is 346 g/mol. The summed E-state index contributed by atoms with van der Waals surface area (Å²) in [5.41, 5.74) is 0.772. The van der Waals surface area contributed by atoms with Gasteiger partial charge in [0.2, 0.25) is 5.91 Å². The summed E-state index contributed by atoms with van der Waals surface area (Å²) in [4.78, 5) is 37.4. The molecule has 1 N–H and O–H groups in total. The molecule has 0 aliphatic rings. The fourth-order valence-corrected chi connectivity index (χ4v) is 3.80. The van der Waals surface area contributed by atoms with E-state index in [2.05, 4.69) is 5.32 Å². The topological polar surface area (TPSA) is 72.5 Å². The van der Waals surface area contributed by atoms with E-state index >= 15 is 0 Å². The number of ketones is 1. The summed E-state index contributed by atoms with van der Waals surface area (Å²) >= 11 is 2.60. The fourth-order valence-electron chi connectivity index (χ4n) is 2.08. The number of nitrogens with one attached hydrogen (secondary N) is 1. The summed E-state index contributed by atoms with van der Waals surface area (Å²) in [6.45, 7) is 5.02. The van der Waals surface area contributed by atoms with Crippen molar-refractivity contribution in [2.75, 3.05) is 11.9 Å². The van der Waals surface area contributed by atoms with E-state index in [1.165, 1.54) is 24.3 Å². The van der Waals surface area contributed by atoms with Gasteiger partial charge in [-0.3, -0.25) is 9.59 Å². The van der Waals surface area contributed by atoms with Gasteiger partial charge >= 0.3 is 5.97 Å². The van der Waals surface area contributed by atoms with E-state index in [9.17, 15) is 14.4 Å². The van der Waals surface area contributed by atoms with Gasteiger partial charge in [-0.05, 0) is 43.9 Å². The van der Waals surface area contributed by atoms with Crippen molar-refractivity contribution in [3.05, 3.63) is 44.5 Å². The lowest BCUT2D eigenvalue weighted by molar-refractivity contribution is -0.111. The number of hydrogen-bond acceptors (Lipinski definition) is 6. The molecule has 2 aromatic heterocycles. The Labute approximate surface area is 148 Å². The zero-order chi connectivity index (χ0) is 17.7. The Kier molecular flexibility index (Phi) is 6.05. The van der Waals surface area contributed by atoms with Gasteiger partial charge in [-0.15, -0.1) is 22.7 Å². The van der Waals surface area contributed by atoms with Gasteiger partial charge in [-0.25, -0.2) is 4.79 Å². The van der Waals surface area contributed by atoms with Crippen LogP contribution < -0.4 is 5.32 Å². The van der Waals surface area contributed by atoms with E-state index in [1.54, 1.807) is 19.9 Å². The van der Waals surface area contributed by atoms with Crippen LogP contribution in [0.15, 0.2) is 23.6 Å². The third-order valence-corrected chi connectivity index (χ3v) is 5.27. The maximum atomic E-state index is 12.2. The predicted octanol–water partition coefficient (Wildman–Crippen LogP) is 4.15. The Hall–Kier alpha value is -2.25. The number of esters is 1. The molecule has 126 valence electrons. The minimum Gasteiger partial charge on any atom is -0.462 e. The molecule has 0 aliphatic heterocycles. The first kappa shape index (κ1) is 18.1. The van der Waals surface area contributed by atoms with Gasteiger partial charge in [0, 0.05) is 11.0 Å². The van der Waals surface area contributed by atoms with Gasteiger partial charge in [-0.2, -0.15) is 0 Å². The minimum absolute atomic E-state index is 0.155. The highest BCUT2D eigenvalue weighted by Crippen LogP contribution is 2.34. The molecule has 2 heterocycles. The Morgan fingerprint density at radius 2 is 2.08 bits per heavy atom. The lowest BCUT2D eigenvalue weighted by Gasteiger charge is -2.05. The molecule has 0 spiro atoms. The SMILES string of the molecule is CCOC(=O)c1c(NC(=O)C=Cc2cccs2)sc(C(C)=O)c1C. The van der Waals surface area contributed by atoms with Gasteiger partial charge in [0.1, 0.15) is 5.00 Å². The Morgan fingerprint density at radius 1 is 1.33 bits per heavy atom. The van der Waals surface area contributed by atoms with E-state index in [4.69, 9.17) is 4.74 Å². The number of Topliss-reactive ketones (excluding diaryl/α,β-unsaturated/α-hetero) is 1. The third kappa shape index (κ3) is 4.18. The van der Waals surface area contributed by atoms with Gasteiger partial charge < -0.3 is 10.1 Å². The average molecular weight is 363 g/mol. The maximum Gasteiger partial charge on any atom is 0.341 e. The third-order valence-electron chi connectivity index (χ3n) is 3.12. The van der Waals surface area contributed by atoms with Crippen molar-refractivity contribution in [1.29, 1.82) is 0 Å². The van der Waals surface area contributed by atoms with E-state index < -0.39 is 5.97 Å². The fraction of sp³-hybridized carbons (Fsp3) is 0.235. The quantitative estimate of drug-likeness (QED) is 0.475. The number of carbonyl (C=O) groups is 3. The van der Waals surface area contributed by atoms with Crippen LogP contribution in [-0.4, -0.2) is 24.3 Å². The molecule has 0 fully saturated rings. The number of ether oxygens (including phenoxy) is 1. The lowest BCUT2D eigenvalue weighted by atomic mass is 10.1. The standard InChI is InChI=1S/C17H17NO4S2/c1-4-22-17(21)14-10(2)15(11(3)19)24-16(14)18-13(20)8-7-12-6-5-9-23-12/h5-9H,4H2,1-3H3,(H,18,20). The zero-order valence-corrected chi connectivity index (χ0v) is 15.2. The van der Waals surface area contributed by atoms with Gasteiger partial charge in [-0.1, -0.05) is 6.07 Å². The van der Waals surface area contributed by atoms with Crippen molar-refractivity contribution >= 4 is 51.4 Å². The molecule has 0 saturated heterocycles. The Bertz CT molecular complexity index is 788. The number of rotatable bonds is 6. The molecule has 0 aliphatic carbocycles. The molecule has 2 aromatic rings. The van der Waals surface area contributed by atoms with Crippen LogP contribution in [0.5, 0.6) is 0 Å². The highest BCUT2D eigenvalue weighted by molar-refractivity contribution is 7.18. The molecule has 5 nitrogen and oxygen atoms in total. The molecule has 0 radical (unpaired) electrons. The summed E-state index contributed by atoms with van der Waals surface area (Å²) in [6.07, 6.45) is 3.08. The van der Waals surface area contributed by atoms with E-state index in [1.807, 2.05) is 17.5 Å². The van der Waals surface area contributed by atoms with E-state index in [0.717, 1.165) is 16.2 Å². The summed E-state index contributed by atoms with van der Waals surface area (Å²) < 4.78 is 5.03. The molecule has 24 heavy (non-hydrogen) atoms. The molecule has 2 rings (SSSR count). The average Bonchev–Trinajstić information content (AvgIpc) is 3.13. The highest BCUT2D eigenvalue weighted by Gasteiger charge is 2.24. The number of thiophene rings is 2. The summed E-state index contributed by atoms with van der Waals surface area (Å²) in [5.74, 6) is -1.07. The molecule has 7 heteroatoms. The molecule has 0 atom stereocenters. The van der Waals surface area contributed by atoms with Crippen molar-refractivity contribution in [2.24, 2.45) is 0 Å². The van der Waals surface area contributed by atoms with Crippen LogP contribution in [0.2, 0.25) is 0 Å². The van der Waals surface area contributed by atoms with Gasteiger partial charge in [0.25, 0.3) is 0 Å². The molecule has 0 bridgehead atoms. The van der Waals surface area contributed by atoms with Crippen LogP contribution in [0, 0.1) is 6.92 Å². The first-order valence-corrected chi connectivity index (χ1v) is 8.97. The first-order chi connectivity index (χ1) is 11.4. The van der Waals surface area contributed by atoms with Crippen LogP contribution in [0.25, 0.3) is 6.08 Å². The van der Waals surface area contributed by atoms with Crippen LogP contribution in [-0.2, 0) is 9.53 Å². The van der Waals surface area contributed by atoms with Crippen molar-refractivity contribution in [3.8, 4) is 0 Å². The van der Waals surface area contributed by atoms with Crippen molar-refractivity contribution in [3.63, 3.8) is 0 Å². The first-order valence-electron chi connectivity index (χ1n) is 7.28. The summed E-state index contributed by atoms with van der Waals surface area (Å²) in [6, 6.07) is 3.78. The molecule has 0 saturated carbocycles. The molecule has 1 amide bonds. The monoisotopic (exact) mass is 363 g/mol. The minimum atomic E-state index is -0.545. The summed E-state index contributed by atoms with van der Waals surface area (Å²) in [7, 11) is 0. The van der Waals surface area contributed by atoms with Crippen LogP contribution in [0.3, 0.4) is 0 Å². The van der Waals surface area contributed by atoms with Crippen LogP contribution >= 0.6 is 22.7 Å². The Morgan fingerprint density at radius 3 is 2.67 bits per heavy atom. The highest BCUT2D eigenvalue weighted by atomic mass is 32.1. The second-order valence-electron chi connectivity index (χ2n) is 4.87. The number of anilines is 1. The second kappa shape index (κ2) is 8.03. The summed E-state index contributed by atoms with van der Waals surface area (Å²) in [5, 5.41) is 4.92. The smallest absolute Gasteiger partial charge is 0.341 e. The molecule has 0 aromatic carbocycles. The van der Waals surface area contributed by atoms with Gasteiger partial charge in [0.05, 0.1) is 17.0 Å². The maximum absolute atomic E-state index is 12.2. The van der Waals surface area contributed by atoms with Crippen LogP contribution in [0.1, 0.15) is 44.3 Å². The van der Waals surface area contributed by atoms with E-state index in [0.29, 0.717) is 15.4 Å². The normalized spacial score (nSPS) is 10.8. The number of hydrogen-bond donors (Lipinski definition) is 1. The van der Waals surface area contributed by atoms with Crippen LogP contribution in [0.4, 0.5) is 5.00 Å². The van der Waals surface area contributed by atoms with Crippen molar-refractivity contribution in [1.82, 2.24) is 0 Å². The molecule has 0 unspecified atom stereocenters. The zero-order valence-electron chi connectivity index (χ0n) is 13.5. The lowest BCUT2D eigenvalue weighted by Crippen LogP contribution is -2.12. The van der Waals surface area contributed by atoms with Crippen molar-refractivity contribution < 1.29 is 19.1 Å². The largest absolute Gasteiger partial charge is 0.462 e. The predicted molar refractivity (Wildman–Crippen MR) is 97.0 cm³/mol. The Balaban J connectivity index is 2.27.